The van der Waals surface area contributed by atoms with Crippen molar-refractivity contribution in [2.45, 2.75) is 6.92 Å². The molecule has 162 valence electrons. The lowest BCUT2D eigenvalue weighted by Crippen LogP contribution is -1.93. The lowest BCUT2D eigenvalue weighted by atomic mass is 10.0. The van der Waals surface area contributed by atoms with Crippen molar-refractivity contribution in [2.24, 2.45) is 0 Å². The molecule has 0 unspecified atom stereocenters. The van der Waals surface area contributed by atoms with Gasteiger partial charge in [0.05, 0.1) is 5.39 Å². The number of fused-ring (bicyclic) bond motifs is 2. The summed E-state index contributed by atoms with van der Waals surface area (Å²) in [6.45, 7) is 2.08. The second-order valence-corrected chi connectivity index (χ2v) is 8.39. The maximum absolute atomic E-state index is 6.10. The van der Waals surface area contributed by atoms with Gasteiger partial charge in [-0.3, -0.25) is 4.98 Å². The molecule has 6 aromatic rings. The number of hydrogen-bond acceptors (Lipinski definition) is 8. The van der Waals surface area contributed by atoms with Crippen molar-refractivity contribution in [1.29, 1.82) is 0 Å². The first-order valence-corrected chi connectivity index (χ1v) is 11.1. The predicted molar refractivity (Wildman–Crippen MR) is 134 cm³/mol. The Labute approximate surface area is 194 Å². The number of benzene rings is 2. The van der Waals surface area contributed by atoms with Gasteiger partial charge in [-0.25, -0.2) is 9.97 Å². The normalized spacial score (nSPS) is 10.7. The number of thiophene rings is 1. The molecule has 0 amide bonds. The smallest absolute Gasteiger partial charge is 0.300 e. The highest BCUT2D eigenvalue weighted by atomic mass is 32.1. The summed E-state index contributed by atoms with van der Waals surface area (Å²) in [5, 5.41) is 4.12. The van der Waals surface area contributed by atoms with Crippen molar-refractivity contribution < 1.29 is 4.42 Å². The van der Waals surface area contributed by atoms with Crippen LogP contribution in [-0.4, -0.2) is 19.9 Å². The second-order valence-electron chi connectivity index (χ2n) is 7.19. The number of pyridine rings is 1. The van der Waals surface area contributed by atoms with E-state index in [0.717, 1.165) is 43.0 Å². The minimum Gasteiger partial charge on any atom is -0.423 e. The highest BCUT2D eigenvalue weighted by Gasteiger charge is 2.15. The summed E-state index contributed by atoms with van der Waals surface area (Å²) in [5.41, 5.74) is 10.7. The van der Waals surface area contributed by atoms with Crippen molar-refractivity contribution in [3.8, 4) is 11.1 Å². The van der Waals surface area contributed by atoms with Gasteiger partial charge in [-0.2, -0.15) is 4.98 Å². The average molecular weight is 453 g/mol. The summed E-state index contributed by atoms with van der Waals surface area (Å²) in [7, 11) is 0. The number of rotatable bonds is 3. The molecule has 0 aliphatic rings. The number of aryl methyl sites for hydroxylation is 1. The molecule has 0 saturated heterocycles. The van der Waals surface area contributed by atoms with E-state index in [4.69, 9.17) is 10.2 Å². The summed E-state index contributed by atoms with van der Waals surface area (Å²) < 4.78 is 5.71. The van der Waals surface area contributed by atoms with Crippen molar-refractivity contribution >= 4 is 50.2 Å². The Morgan fingerprint density at radius 1 is 0.909 bits per heavy atom. The Hall–Kier alpha value is -4.30. The highest BCUT2D eigenvalue weighted by Crippen LogP contribution is 2.39. The van der Waals surface area contributed by atoms with Crippen LogP contribution in [0.2, 0.25) is 0 Å². The summed E-state index contributed by atoms with van der Waals surface area (Å²) in [5.74, 6) is 0.507. The van der Waals surface area contributed by atoms with Crippen LogP contribution in [0.4, 0.5) is 17.5 Å². The number of aromatic nitrogens is 4. The predicted octanol–water partition coefficient (Wildman–Crippen LogP) is 6.22. The fourth-order valence-electron chi connectivity index (χ4n) is 3.50. The molecule has 7 nitrogen and oxygen atoms in total. The van der Waals surface area contributed by atoms with E-state index in [-0.39, 0.29) is 0 Å². The topological polar surface area (TPSA) is 103 Å². The monoisotopic (exact) mass is 452 g/mol. The van der Waals surface area contributed by atoms with E-state index in [2.05, 4.69) is 32.2 Å². The molecule has 4 aromatic heterocycles. The van der Waals surface area contributed by atoms with E-state index in [9.17, 15) is 0 Å². The molecular formula is C25H20N6OS. The first-order chi connectivity index (χ1) is 16.2. The standard InChI is InChI=1S/C20H15N5OS.C5H5N/c1-11-16(17-18(21)22-10-23-19(17)27-11)12-6-8-13(9-7-12)24-20-25-14-4-2-3-5-15(14)26-20;1-2-4-6-5-3-1/h2-10H,1H3,(H,24,25)(H2,21,22,23);1-5H. The number of nitrogens with two attached hydrogens (primary N) is 1. The van der Waals surface area contributed by atoms with E-state index >= 15 is 0 Å². The zero-order valence-electron chi connectivity index (χ0n) is 17.8. The molecule has 0 fully saturated rings. The van der Waals surface area contributed by atoms with Gasteiger partial charge in [-0.1, -0.05) is 30.3 Å². The van der Waals surface area contributed by atoms with Crippen LogP contribution in [0.1, 0.15) is 4.88 Å². The third kappa shape index (κ3) is 4.37. The largest absolute Gasteiger partial charge is 0.423 e. The molecular weight excluding hydrogens is 432 g/mol. The highest BCUT2D eigenvalue weighted by molar-refractivity contribution is 7.19. The van der Waals surface area contributed by atoms with Gasteiger partial charge in [0.15, 0.2) is 5.58 Å². The first-order valence-electron chi connectivity index (χ1n) is 10.3. The fraction of sp³-hybridized carbons (Fsp3) is 0.0400. The molecule has 33 heavy (non-hydrogen) atoms. The van der Waals surface area contributed by atoms with Gasteiger partial charge in [0, 0.05) is 28.5 Å². The lowest BCUT2D eigenvalue weighted by Gasteiger charge is -2.06. The SMILES string of the molecule is Cc1sc2ncnc(N)c2c1-c1ccc(Nc2nc3ccccc3o2)cc1.c1ccncc1. The van der Waals surface area contributed by atoms with Gasteiger partial charge in [-0.15, -0.1) is 11.3 Å². The average Bonchev–Trinajstić information content (AvgIpc) is 3.41. The minimum atomic E-state index is 0.471. The van der Waals surface area contributed by atoms with Gasteiger partial charge in [0.1, 0.15) is 22.5 Å². The molecule has 2 aromatic carbocycles. The maximum Gasteiger partial charge on any atom is 0.300 e. The van der Waals surface area contributed by atoms with Crippen LogP contribution in [0, 0.1) is 6.92 Å². The van der Waals surface area contributed by atoms with Crippen molar-refractivity contribution in [2.75, 3.05) is 11.1 Å². The molecule has 0 aliphatic heterocycles. The third-order valence-electron chi connectivity index (χ3n) is 4.98. The van der Waals surface area contributed by atoms with E-state index in [1.54, 1.807) is 23.7 Å². The lowest BCUT2D eigenvalue weighted by molar-refractivity contribution is 0.623. The molecule has 0 atom stereocenters. The van der Waals surface area contributed by atoms with Crippen LogP contribution < -0.4 is 11.1 Å². The Kier molecular flexibility index (Phi) is 5.65. The van der Waals surface area contributed by atoms with Crippen LogP contribution >= 0.6 is 11.3 Å². The molecule has 0 saturated carbocycles. The summed E-state index contributed by atoms with van der Waals surface area (Å²) >= 11 is 1.63. The first kappa shape index (κ1) is 20.6. The van der Waals surface area contributed by atoms with Crippen molar-refractivity contribution in [3.05, 3.63) is 90.3 Å². The number of hydrogen-bond donors (Lipinski definition) is 2. The van der Waals surface area contributed by atoms with Crippen LogP contribution in [-0.2, 0) is 0 Å². The third-order valence-corrected chi connectivity index (χ3v) is 5.99. The molecule has 8 heteroatoms. The van der Waals surface area contributed by atoms with E-state index < -0.39 is 0 Å². The van der Waals surface area contributed by atoms with Crippen molar-refractivity contribution in [3.63, 3.8) is 0 Å². The Balaban J connectivity index is 0.000000332. The Bertz CT molecular complexity index is 1450. The molecule has 0 bridgehead atoms. The molecule has 6 rings (SSSR count). The number of oxazole rings is 1. The molecule has 3 N–H and O–H groups in total. The zero-order chi connectivity index (χ0) is 22.6. The van der Waals surface area contributed by atoms with Gasteiger partial charge >= 0.3 is 0 Å². The number of nitrogen functional groups attached to an aromatic ring is 1. The summed E-state index contributed by atoms with van der Waals surface area (Å²) in [4.78, 5) is 18.8. The maximum atomic E-state index is 6.10. The van der Waals surface area contributed by atoms with Gasteiger partial charge < -0.3 is 15.5 Å². The summed E-state index contributed by atoms with van der Waals surface area (Å²) in [6, 6.07) is 21.9. The molecule has 4 heterocycles. The van der Waals surface area contributed by atoms with Crippen LogP contribution in [0.25, 0.3) is 32.4 Å². The van der Waals surface area contributed by atoms with Crippen molar-refractivity contribution in [1.82, 2.24) is 19.9 Å². The van der Waals surface area contributed by atoms with Crippen LogP contribution in [0.15, 0.2) is 89.9 Å². The summed E-state index contributed by atoms with van der Waals surface area (Å²) in [6.07, 6.45) is 5.00. The quantitative estimate of drug-likeness (QED) is 0.329. The molecule has 0 radical (unpaired) electrons. The van der Waals surface area contributed by atoms with E-state index in [1.165, 1.54) is 6.33 Å². The zero-order valence-corrected chi connectivity index (χ0v) is 18.6. The number of para-hydroxylation sites is 2. The molecule has 0 aliphatic carbocycles. The number of nitrogens with zero attached hydrogens (tertiary/aromatic N) is 4. The van der Waals surface area contributed by atoms with Crippen LogP contribution in [0.3, 0.4) is 0 Å². The van der Waals surface area contributed by atoms with Gasteiger partial charge in [0.25, 0.3) is 6.01 Å². The second kappa shape index (κ2) is 9.05. The van der Waals surface area contributed by atoms with Crippen LogP contribution in [0.5, 0.6) is 0 Å². The number of nitrogens with one attached hydrogen (secondary N) is 1. The fourth-order valence-corrected chi connectivity index (χ4v) is 4.52. The Morgan fingerprint density at radius 3 is 2.39 bits per heavy atom. The van der Waals surface area contributed by atoms with Gasteiger partial charge in [-0.05, 0) is 48.9 Å². The van der Waals surface area contributed by atoms with E-state index in [0.29, 0.717) is 11.8 Å². The van der Waals surface area contributed by atoms with Gasteiger partial charge in [0.2, 0.25) is 0 Å². The number of anilines is 3. The van der Waals surface area contributed by atoms with E-state index in [1.807, 2.05) is 66.7 Å². The minimum absolute atomic E-state index is 0.471. The Morgan fingerprint density at radius 2 is 1.70 bits per heavy atom. The molecule has 0 spiro atoms.